The molecule has 0 saturated carbocycles. The maximum atomic E-state index is 13.9. The zero-order valence-electron chi connectivity index (χ0n) is 14.0. The van der Waals surface area contributed by atoms with E-state index in [4.69, 9.17) is 4.74 Å². The van der Waals surface area contributed by atoms with Crippen LogP contribution in [0.2, 0.25) is 0 Å². The summed E-state index contributed by atoms with van der Waals surface area (Å²) in [6.45, 7) is 0. The van der Waals surface area contributed by atoms with Crippen LogP contribution in [0.4, 0.5) is 4.39 Å². The Morgan fingerprint density at radius 2 is 1.88 bits per heavy atom. The molecular weight excluding hydrogens is 351 g/mol. The Labute approximate surface area is 153 Å². The van der Waals surface area contributed by atoms with E-state index in [1.165, 1.54) is 17.4 Å². The number of rotatable bonds is 5. The lowest BCUT2D eigenvalue weighted by Crippen LogP contribution is -1.99. The molecular formula is C19H15FN4OS. The van der Waals surface area contributed by atoms with Gasteiger partial charge < -0.3 is 4.74 Å². The fourth-order valence-electron chi connectivity index (χ4n) is 2.54. The fraction of sp³-hybridized carbons (Fsp3) is 0.105. The number of ether oxygens (including phenoxy) is 1. The largest absolute Gasteiger partial charge is 0.497 e. The average molecular weight is 366 g/mol. The maximum absolute atomic E-state index is 13.9. The minimum absolute atomic E-state index is 0.251. The quantitative estimate of drug-likeness (QED) is 0.534. The third kappa shape index (κ3) is 3.34. The van der Waals surface area contributed by atoms with E-state index in [-0.39, 0.29) is 5.82 Å². The van der Waals surface area contributed by atoms with Gasteiger partial charge in [-0.1, -0.05) is 47.7 Å². The van der Waals surface area contributed by atoms with E-state index < -0.39 is 0 Å². The first-order valence-corrected chi connectivity index (χ1v) is 8.81. The molecule has 0 radical (unpaired) electrons. The molecule has 26 heavy (non-hydrogen) atoms. The summed E-state index contributed by atoms with van der Waals surface area (Å²) in [5.41, 5.74) is 1.62. The number of benzene rings is 2. The Morgan fingerprint density at radius 1 is 1.08 bits per heavy atom. The third-order valence-electron chi connectivity index (χ3n) is 3.91. The monoisotopic (exact) mass is 366 g/mol. The highest BCUT2D eigenvalue weighted by Gasteiger charge is 2.12. The molecule has 4 aromatic rings. The SMILES string of the molecule is COc1ccc(/C=C\c2nn3c(Cc4ccccc4F)nnc3s2)cc1. The first-order valence-electron chi connectivity index (χ1n) is 7.99. The van der Waals surface area contributed by atoms with Gasteiger partial charge in [-0.25, -0.2) is 4.39 Å². The highest BCUT2D eigenvalue weighted by Crippen LogP contribution is 2.20. The Morgan fingerprint density at radius 3 is 2.65 bits per heavy atom. The van der Waals surface area contributed by atoms with Crippen LogP contribution in [0.25, 0.3) is 17.1 Å². The van der Waals surface area contributed by atoms with Gasteiger partial charge in [0.25, 0.3) is 0 Å². The normalized spacial score (nSPS) is 11.5. The van der Waals surface area contributed by atoms with Gasteiger partial charge in [0.2, 0.25) is 4.96 Å². The van der Waals surface area contributed by atoms with E-state index in [2.05, 4.69) is 15.3 Å². The van der Waals surface area contributed by atoms with Crippen molar-refractivity contribution in [2.45, 2.75) is 6.42 Å². The van der Waals surface area contributed by atoms with Crippen LogP contribution in [0.15, 0.2) is 48.5 Å². The van der Waals surface area contributed by atoms with Crippen LogP contribution in [0.3, 0.4) is 0 Å². The highest BCUT2D eigenvalue weighted by atomic mass is 32.1. The van der Waals surface area contributed by atoms with E-state index in [9.17, 15) is 4.39 Å². The molecule has 0 unspecified atom stereocenters. The van der Waals surface area contributed by atoms with Crippen LogP contribution in [0.5, 0.6) is 5.75 Å². The van der Waals surface area contributed by atoms with E-state index in [1.807, 2.05) is 36.4 Å². The molecule has 0 bridgehead atoms. The second kappa shape index (κ2) is 7.05. The van der Waals surface area contributed by atoms with Crippen molar-refractivity contribution in [1.29, 1.82) is 0 Å². The zero-order valence-corrected chi connectivity index (χ0v) is 14.8. The molecule has 130 valence electrons. The lowest BCUT2D eigenvalue weighted by atomic mass is 10.1. The Hall–Kier alpha value is -3.06. The minimum atomic E-state index is -0.251. The number of hydrogen-bond acceptors (Lipinski definition) is 5. The van der Waals surface area contributed by atoms with Gasteiger partial charge in [0.15, 0.2) is 5.82 Å². The summed E-state index contributed by atoms with van der Waals surface area (Å²) < 4.78 is 20.7. The molecule has 0 aliphatic rings. The molecule has 0 saturated heterocycles. The summed E-state index contributed by atoms with van der Waals surface area (Å²) in [6.07, 6.45) is 4.24. The molecule has 0 aliphatic carbocycles. The van der Waals surface area contributed by atoms with E-state index in [0.29, 0.717) is 22.8 Å². The number of fused-ring (bicyclic) bond motifs is 1. The summed E-state index contributed by atoms with van der Waals surface area (Å²) in [7, 11) is 1.64. The van der Waals surface area contributed by atoms with Gasteiger partial charge >= 0.3 is 0 Å². The van der Waals surface area contributed by atoms with Crippen LogP contribution in [-0.4, -0.2) is 26.9 Å². The number of methoxy groups -OCH3 is 1. The fourth-order valence-corrected chi connectivity index (χ4v) is 3.30. The predicted molar refractivity (Wildman–Crippen MR) is 99.8 cm³/mol. The van der Waals surface area contributed by atoms with Crippen molar-refractivity contribution in [3.05, 3.63) is 76.3 Å². The Balaban J connectivity index is 1.57. The summed E-state index contributed by atoms with van der Waals surface area (Å²) in [5, 5.41) is 13.6. The molecule has 0 amide bonds. The highest BCUT2D eigenvalue weighted by molar-refractivity contribution is 7.17. The standard InChI is InChI=1S/C19H15FN4OS/c1-25-15-9-6-13(7-10-15)8-11-18-23-24-17(21-22-19(24)26-18)12-14-4-2-3-5-16(14)20/h2-11H,12H2,1H3/b11-8-. The van der Waals surface area contributed by atoms with Crippen molar-refractivity contribution in [2.75, 3.05) is 7.11 Å². The molecule has 0 aliphatic heterocycles. The summed E-state index contributed by atoms with van der Waals surface area (Å²) in [6, 6.07) is 14.4. The Bertz CT molecular complexity index is 1070. The molecule has 4 rings (SSSR count). The predicted octanol–water partition coefficient (Wildman–Crippen LogP) is 4.09. The van der Waals surface area contributed by atoms with Crippen LogP contribution >= 0.6 is 11.3 Å². The molecule has 7 heteroatoms. The van der Waals surface area contributed by atoms with Gasteiger partial charge in [0.1, 0.15) is 16.6 Å². The first-order chi connectivity index (χ1) is 12.7. The van der Waals surface area contributed by atoms with E-state index in [0.717, 1.165) is 16.3 Å². The van der Waals surface area contributed by atoms with Gasteiger partial charge in [0.05, 0.1) is 7.11 Å². The van der Waals surface area contributed by atoms with Gasteiger partial charge in [-0.15, -0.1) is 10.2 Å². The van der Waals surface area contributed by atoms with E-state index >= 15 is 0 Å². The lowest BCUT2D eigenvalue weighted by Gasteiger charge is -1.99. The molecule has 5 nitrogen and oxygen atoms in total. The number of hydrogen-bond donors (Lipinski definition) is 0. The van der Waals surface area contributed by atoms with Crippen molar-refractivity contribution in [3.8, 4) is 5.75 Å². The van der Waals surface area contributed by atoms with Crippen molar-refractivity contribution in [2.24, 2.45) is 0 Å². The summed E-state index contributed by atoms with van der Waals surface area (Å²) in [5.74, 6) is 1.18. The molecule has 0 atom stereocenters. The second-order valence-electron chi connectivity index (χ2n) is 5.63. The second-order valence-corrected chi connectivity index (χ2v) is 6.61. The minimum Gasteiger partial charge on any atom is -0.497 e. The van der Waals surface area contributed by atoms with Gasteiger partial charge in [-0.05, 0) is 35.4 Å². The van der Waals surface area contributed by atoms with Crippen LogP contribution < -0.4 is 4.74 Å². The molecule has 2 heterocycles. The topological polar surface area (TPSA) is 52.3 Å². The summed E-state index contributed by atoms with van der Waals surface area (Å²) in [4.78, 5) is 0.686. The molecule has 0 fully saturated rings. The zero-order chi connectivity index (χ0) is 17.9. The van der Waals surface area contributed by atoms with Gasteiger partial charge in [-0.2, -0.15) is 9.61 Å². The van der Waals surface area contributed by atoms with Crippen molar-refractivity contribution in [1.82, 2.24) is 19.8 Å². The maximum Gasteiger partial charge on any atom is 0.234 e. The van der Waals surface area contributed by atoms with Gasteiger partial charge in [-0.3, -0.25) is 0 Å². The van der Waals surface area contributed by atoms with Crippen LogP contribution in [0.1, 0.15) is 22.0 Å². The van der Waals surface area contributed by atoms with Crippen molar-refractivity contribution >= 4 is 28.4 Å². The Kier molecular flexibility index (Phi) is 4.45. The molecule has 0 spiro atoms. The third-order valence-corrected chi connectivity index (χ3v) is 4.78. The van der Waals surface area contributed by atoms with Crippen molar-refractivity contribution in [3.63, 3.8) is 0 Å². The van der Waals surface area contributed by atoms with E-state index in [1.54, 1.807) is 29.8 Å². The molecule has 2 aromatic heterocycles. The lowest BCUT2D eigenvalue weighted by molar-refractivity contribution is 0.415. The number of aromatic nitrogens is 4. The smallest absolute Gasteiger partial charge is 0.234 e. The van der Waals surface area contributed by atoms with Gasteiger partial charge in [0, 0.05) is 6.42 Å². The van der Waals surface area contributed by atoms with Crippen LogP contribution in [-0.2, 0) is 6.42 Å². The number of halogens is 1. The molecule has 2 aromatic carbocycles. The van der Waals surface area contributed by atoms with Crippen molar-refractivity contribution < 1.29 is 9.13 Å². The first kappa shape index (κ1) is 16.4. The van der Waals surface area contributed by atoms with Crippen LogP contribution in [0, 0.1) is 5.82 Å². The average Bonchev–Trinajstić information content (AvgIpc) is 3.23. The molecule has 0 N–H and O–H groups in total. The summed E-state index contributed by atoms with van der Waals surface area (Å²) >= 11 is 1.43. The number of nitrogens with zero attached hydrogens (tertiary/aromatic N) is 4.